The van der Waals surface area contributed by atoms with Gasteiger partial charge in [0.25, 0.3) is 5.91 Å². The second-order valence-electron chi connectivity index (χ2n) is 4.94. The van der Waals surface area contributed by atoms with Crippen molar-refractivity contribution in [1.82, 2.24) is 4.90 Å². The molecule has 1 saturated heterocycles. The maximum atomic E-state index is 12.4. The molecule has 104 valence electrons. The number of hydrogen-bond donors (Lipinski definition) is 1. The van der Waals surface area contributed by atoms with E-state index in [0.29, 0.717) is 16.5 Å². The quantitative estimate of drug-likeness (QED) is 0.913. The summed E-state index contributed by atoms with van der Waals surface area (Å²) in [4.78, 5) is 14.3. The molecule has 1 amide bonds. The van der Waals surface area contributed by atoms with Crippen LogP contribution in [0.1, 0.15) is 29.6 Å². The summed E-state index contributed by atoms with van der Waals surface area (Å²) in [6.07, 6.45) is 3.17. The first-order valence-electron chi connectivity index (χ1n) is 6.56. The minimum atomic E-state index is 0.0866. The molecule has 0 saturated carbocycles. The number of likely N-dealkylation sites (tertiary alicyclic amines) is 1. The summed E-state index contributed by atoms with van der Waals surface area (Å²) in [5.41, 5.74) is 6.27. The second-order valence-corrected chi connectivity index (χ2v) is 6.20. The zero-order valence-electron chi connectivity index (χ0n) is 10.7. The molecule has 1 aliphatic heterocycles. The van der Waals surface area contributed by atoms with Crippen LogP contribution in [0.5, 0.6) is 0 Å². The number of halogens is 2. The first-order chi connectivity index (χ1) is 9.11. The van der Waals surface area contributed by atoms with E-state index >= 15 is 0 Å². The Morgan fingerprint density at radius 1 is 1.42 bits per heavy atom. The van der Waals surface area contributed by atoms with Crippen LogP contribution in [-0.2, 0) is 0 Å². The van der Waals surface area contributed by atoms with Gasteiger partial charge in [0, 0.05) is 23.1 Å². The lowest BCUT2D eigenvalue weighted by atomic mass is 9.93. The topological polar surface area (TPSA) is 46.3 Å². The molecule has 1 heterocycles. The van der Waals surface area contributed by atoms with Crippen molar-refractivity contribution in [3.63, 3.8) is 0 Å². The Labute approximate surface area is 127 Å². The second kappa shape index (κ2) is 6.73. The van der Waals surface area contributed by atoms with E-state index in [9.17, 15) is 4.79 Å². The fraction of sp³-hybridized carbons (Fsp3) is 0.500. The average Bonchev–Trinajstić information content (AvgIpc) is 2.42. The fourth-order valence-corrected chi connectivity index (χ4v) is 2.97. The van der Waals surface area contributed by atoms with Crippen LogP contribution in [0.4, 0.5) is 0 Å². The Balaban J connectivity index is 1.99. The largest absolute Gasteiger partial charge is 0.339 e. The Morgan fingerprint density at radius 2 is 2.11 bits per heavy atom. The normalized spacial score (nSPS) is 16.7. The summed E-state index contributed by atoms with van der Waals surface area (Å²) >= 11 is 9.29. The molecule has 0 unspecified atom stereocenters. The highest BCUT2D eigenvalue weighted by molar-refractivity contribution is 9.10. The van der Waals surface area contributed by atoms with Gasteiger partial charge in [0.1, 0.15) is 0 Å². The third kappa shape index (κ3) is 3.71. The summed E-state index contributed by atoms with van der Waals surface area (Å²) in [5, 5.41) is 0.623. The number of piperidine rings is 1. The molecule has 3 nitrogen and oxygen atoms in total. The lowest BCUT2D eigenvalue weighted by molar-refractivity contribution is 0.0688. The van der Waals surface area contributed by atoms with E-state index in [1.807, 2.05) is 4.90 Å². The summed E-state index contributed by atoms with van der Waals surface area (Å²) in [6.45, 7) is 2.39. The highest BCUT2D eigenvalue weighted by Gasteiger charge is 2.23. The summed E-state index contributed by atoms with van der Waals surface area (Å²) in [5.74, 6) is 0.759. The molecule has 1 aromatic rings. The molecule has 1 aliphatic rings. The molecule has 0 radical (unpaired) electrons. The highest BCUT2D eigenvalue weighted by Crippen LogP contribution is 2.25. The van der Waals surface area contributed by atoms with Crippen molar-refractivity contribution in [3.05, 3.63) is 33.3 Å². The van der Waals surface area contributed by atoms with Crippen molar-refractivity contribution in [3.8, 4) is 0 Å². The zero-order chi connectivity index (χ0) is 13.8. The first kappa shape index (κ1) is 14.8. The first-order valence-corrected chi connectivity index (χ1v) is 7.73. The average molecular weight is 346 g/mol. The number of carbonyl (C=O) groups is 1. The van der Waals surface area contributed by atoms with Gasteiger partial charge in [-0.25, -0.2) is 0 Å². The maximum absolute atomic E-state index is 12.4. The fourth-order valence-electron chi connectivity index (χ4n) is 2.47. The van der Waals surface area contributed by atoms with Gasteiger partial charge < -0.3 is 10.6 Å². The number of carbonyl (C=O) groups excluding carboxylic acids is 1. The Morgan fingerprint density at radius 3 is 2.68 bits per heavy atom. The van der Waals surface area contributed by atoms with Crippen molar-refractivity contribution >= 4 is 33.4 Å². The van der Waals surface area contributed by atoms with Gasteiger partial charge in [-0.3, -0.25) is 4.79 Å². The van der Waals surface area contributed by atoms with Crippen LogP contribution in [0.3, 0.4) is 0 Å². The van der Waals surface area contributed by atoms with E-state index < -0.39 is 0 Å². The Kier molecular flexibility index (Phi) is 5.25. The molecule has 5 heteroatoms. The minimum Gasteiger partial charge on any atom is -0.339 e. The Hall–Kier alpha value is -0.580. The molecule has 0 aliphatic carbocycles. The van der Waals surface area contributed by atoms with E-state index in [1.54, 1.807) is 18.2 Å². The summed E-state index contributed by atoms with van der Waals surface area (Å²) in [6, 6.07) is 5.32. The molecule has 19 heavy (non-hydrogen) atoms. The molecule has 0 bridgehead atoms. The minimum absolute atomic E-state index is 0.0866. The van der Waals surface area contributed by atoms with E-state index in [1.165, 1.54) is 0 Å². The van der Waals surface area contributed by atoms with Crippen molar-refractivity contribution in [1.29, 1.82) is 0 Å². The lowest BCUT2D eigenvalue weighted by Crippen LogP contribution is -2.38. The predicted octanol–water partition coefficient (Wildman–Crippen LogP) is 3.30. The highest BCUT2D eigenvalue weighted by atomic mass is 79.9. The van der Waals surface area contributed by atoms with Crippen LogP contribution in [0.25, 0.3) is 0 Å². The predicted molar refractivity (Wildman–Crippen MR) is 81.5 cm³/mol. The SMILES string of the molecule is NCCC1CCN(C(=O)c2ccc(Cl)c(Br)c2)CC1. The third-order valence-electron chi connectivity index (χ3n) is 3.64. The maximum Gasteiger partial charge on any atom is 0.253 e. The molecule has 2 rings (SSSR count). The number of nitrogens with zero attached hydrogens (tertiary/aromatic N) is 1. The van der Waals surface area contributed by atoms with Crippen LogP contribution in [0, 0.1) is 5.92 Å². The molecular formula is C14H18BrClN2O. The molecule has 0 atom stereocenters. The van der Waals surface area contributed by atoms with Crippen LogP contribution in [0.15, 0.2) is 22.7 Å². The number of nitrogens with two attached hydrogens (primary N) is 1. The molecule has 2 N–H and O–H groups in total. The van der Waals surface area contributed by atoms with Crippen LogP contribution in [-0.4, -0.2) is 30.4 Å². The molecule has 0 spiro atoms. The van der Waals surface area contributed by atoms with Crippen molar-refractivity contribution in [2.24, 2.45) is 11.7 Å². The van der Waals surface area contributed by atoms with E-state index in [2.05, 4.69) is 15.9 Å². The van der Waals surface area contributed by atoms with Gasteiger partial charge >= 0.3 is 0 Å². The van der Waals surface area contributed by atoms with Crippen molar-refractivity contribution < 1.29 is 4.79 Å². The van der Waals surface area contributed by atoms with Gasteiger partial charge in [0.2, 0.25) is 0 Å². The molecule has 1 fully saturated rings. The van der Waals surface area contributed by atoms with Gasteiger partial charge in [-0.1, -0.05) is 11.6 Å². The standard InChI is InChI=1S/C14H18BrClN2O/c15-12-9-11(1-2-13(12)16)14(19)18-7-4-10(3-6-17)5-8-18/h1-2,9-10H,3-8,17H2. The van der Waals surface area contributed by atoms with E-state index in [-0.39, 0.29) is 5.91 Å². The summed E-state index contributed by atoms with van der Waals surface area (Å²) in [7, 11) is 0. The molecule has 0 aromatic heterocycles. The van der Waals surface area contributed by atoms with Gasteiger partial charge in [0.05, 0.1) is 5.02 Å². The molecular weight excluding hydrogens is 328 g/mol. The van der Waals surface area contributed by atoms with Crippen LogP contribution in [0.2, 0.25) is 5.02 Å². The van der Waals surface area contributed by atoms with Crippen molar-refractivity contribution in [2.45, 2.75) is 19.3 Å². The van der Waals surface area contributed by atoms with Gasteiger partial charge in [-0.05, 0) is 65.9 Å². The monoisotopic (exact) mass is 344 g/mol. The van der Waals surface area contributed by atoms with Gasteiger partial charge in [0.15, 0.2) is 0 Å². The van der Waals surface area contributed by atoms with Gasteiger partial charge in [-0.15, -0.1) is 0 Å². The smallest absolute Gasteiger partial charge is 0.253 e. The number of hydrogen-bond acceptors (Lipinski definition) is 2. The zero-order valence-corrected chi connectivity index (χ0v) is 13.1. The number of rotatable bonds is 3. The van der Waals surface area contributed by atoms with Gasteiger partial charge in [-0.2, -0.15) is 0 Å². The Bertz CT molecular complexity index is 459. The number of amides is 1. The van der Waals surface area contributed by atoms with E-state index in [0.717, 1.165) is 43.4 Å². The molecule has 1 aromatic carbocycles. The van der Waals surface area contributed by atoms with Crippen molar-refractivity contribution in [2.75, 3.05) is 19.6 Å². The number of benzene rings is 1. The summed E-state index contributed by atoms with van der Waals surface area (Å²) < 4.78 is 0.762. The van der Waals surface area contributed by atoms with E-state index in [4.69, 9.17) is 17.3 Å². The lowest BCUT2D eigenvalue weighted by Gasteiger charge is -2.32. The van der Waals surface area contributed by atoms with Crippen LogP contribution >= 0.6 is 27.5 Å². The van der Waals surface area contributed by atoms with Crippen LogP contribution < -0.4 is 5.73 Å². The third-order valence-corrected chi connectivity index (χ3v) is 4.86.